The van der Waals surface area contributed by atoms with Gasteiger partial charge >= 0.3 is 0 Å². The van der Waals surface area contributed by atoms with Crippen LogP contribution in [0.5, 0.6) is 0 Å². The fourth-order valence-electron chi connectivity index (χ4n) is 1.98. The summed E-state index contributed by atoms with van der Waals surface area (Å²) in [5, 5.41) is 0. The highest BCUT2D eigenvalue weighted by Crippen LogP contribution is 2.16. The quantitative estimate of drug-likeness (QED) is 0.798. The molecule has 0 saturated carbocycles. The fraction of sp³-hybridized carbons (Fsp3) is 0.625. The van der Waals surface area contributed by atoms with Gasteiger partial charge in [-0.2, -0.15) is 0 Å². The maximum Gasteiger partial charge on any atom is 0.156 e. The van der Waals surface area contributed by atoms with Crippen molar-refractivity contribution in [1.29, 1.82) is 0 Å². The number of hydrogen-bond acceptors (Lipinski definition) is 4. The Morgan fingerprint density at radius 2 is 1.71 bits per heavy atom. The van der Waals surface area contributed by atoms with Crippen LogP contribution >= 0.6 is 0 Å². The summed E-state index contributed by atoms with van der Waals surface area (Å²) in [7, 11) is -3.08. The van der Waals surface area contributed by atoms with Crippen LogP contribution in [0.25, 0.3) is 0 Å². The Balaban J connectivity index is 2.66. The Bertz CT molecular complexity index is 507. The first-order chi connectivity index (χ1) is 9.76. The van der Waals surface area contributed by atoms with Crippen molar-refractivity contribution in [2.75, 3.05) is 25.4 Å². The number of benzene rings is 1. The zero-order valence-corrected chi connectivity index (χ0v) is 14.2. The average molecular weight is 312 g/mol. The molecule has 4 nitrogen and oxygen atoms in total. The molecule has 21 heavy (non-hydrogen) atoms. The van der Waals surface area contributed by atoms with Crippen molar-refractivity contribution in [3.05, 3.63) is 35.9 Å². The van der Waals surface area contributed by atoms with Crippen molar-refractivity contribution in [3.8, 4) is 0 Å². The van der Waals surface area contributed by atoms with Crippen LogP contribution in [0, 0.1) is 0 Å². The van der Waals surface area contributed by atoms with Crippen LogP contribution < -0.4 is 5.73 Å². The van der Waals surface area contributed by atoms with E-state index in [-0.39, 0.29) is 5.75 Å². The van der Waals surface area contributed by atoms with Crippen molar-refractivity contribution in [1.82, 2.24) is 4.90 Å². The standard InChI is InChI=1S/C16H28N2O2S/c1-16(2,3)21(19,20)13-12-18(11-7-10-17)14-15-8-5-4-6-9-15/h4-6,8-9H,7,10-14,17H2,1-3H3. The first-order valence-electron chi connectivity index (χ1n) is 7.45. The lowest BCUT2D eigenvalue weighted by atomic mass is 10.2. The molecule has 120 valence electrons. The van der Waals surface area contributed by atoms with E-state index in [1.54, 1.807) is 20.8 Å². The van der Waals surface area contributed by atoms with E-state index >= 15 is 0 Å². The smallest absolute Gasteiger partial charge is 0.156 e. The van der Waals surface area contributed by atoms with Crippen molar-refractivity contribution >= 4 is 9.84 Å². The minimum Gasteiger partial charge on any atom is -0.330 e. The van der Waals surface area contributed by atoms with Gasteiger partial charge in [0.15, 0.2) is 9.84 Å². The second-order valence-electron chi connectivity index (χ2n) is 6.34. The van der Waals surface area contributed by atoms with Crippen LogP contribution in [0.3, 0.4) is 0 Å². The van der Waals surface area contributed by atoms with E-state index in [1.807, 2.05) is 18.2 Å². The van der Waals surface area contributed by atoms with Gasteiger partial charge in [-0.3, -0.25) is 4.90 Å². The molecule has 0 saturated heterocycles. The SMILES string of the molecule is CC(C)(C)S(=O)(=O)CCN(CCCN)Cc1ccccc1. The Morgan fingerprint density at radius 3 is 2.24 bits per heavy atom. The highest BCUT2D eigenvalue weighted by Gasteiger charge is 2.28. The topological polar surface area (TPSA) is 63.4 Å². The summed E-state index contributed by atoms with van der Waals surface area (Å²) in [4.78, 5) is 2.17. The van der Waals surface area contributed by atoms with Gasteiger partial charge in [-0.1, -0.05) is 30.3 Å². The highest BCUT2D eigenvalue weighted by molar-refractivity contribution is 7.92. The van der Waals surface area contributed by atoms with Gasteiger partial charge in [0, 0.05) is 13.1 Å². The minimum absolute atomic E-state index is 0.188. The summed E-state index contributed by atoms with van der Waals surface area (Å²) >= 11 is 0. The summed E-state index contributed by atoms with van der Waals surface area (Å²) in [6, 6.07) is 10.1. The highest BCUT2D eigenvalue weighted by atomic mass is 32.2. The molecule has 2 N–H and O–H groups in total. The summed E-state index contributed by atoms with van der Waals surface area (Å²) in [6.07, 6.45) is 0.877. The second-order valence-corrected chi connectivity index (χ2v) is 9.20. The summed E-state index contributed by atoms with van der Waals surface area (Å²) in [6.45, 7) is 8.02. The largest absolute Gasteiger partial charge is 0.330 e. The van der Waals surface area contributed by atoms with Crippen molar-refractivity contribution < 1.29 is 8.42 Å². The molecular formula is C16H28N2O2S. The zero-order chi connectivity index (χ0) is 15.9. The van der Waals surface area contributed by atoms with Crippen molar-refractivity contribution in [2.24, 2.45) is 5.73 Å². The molecule has 0 amide bonds. The van der Waals surface area contributed by atoms with Crippen LogP contribution in [0.15, 0.2) is 30.3 Å². The molecule has 0 radical (unpaired) electrons. The van der Waals surface area contributed by atoms with Crippen LogP contribution in [0.4, 0.5) is 0 Å². The van der Waals surface area contributed by atoms with Gasteiger partial charge < -0.3 is 5.73 Å². The zero-order valence-electron chi connectivity index (χ0n) is 13.4. The molecule has 0 aliphatic rings. The third-order valence-electron chi connectivity index (χ3n) is 3.54. The van der Waals surface area contributed by atoms with E-state index in [4.69, 9.17) is 5.73 Å². The van der Waals surface area contributed by atoms with Crippen LogP contribution in [0.1, 0.15) is 32.8 Å². The van der Waals surface area contributed by atoms with Gasteiger partial charge in [-0.25, -0.2) is 8.42 Å². The molecule has 1 aromatic carbocycles. The van der Waals surface area contributed by atoms with Gasteiger partial charge in [-0.05, 0) is 45.8 Å². The number of nitrogens with two attached hydrogens (primary N) is 1. The third-order valence-corrected chi connectivity index (χ3v) is 6.12. The first kappa shape index (κ1) is 18.1. The Morgan fingerprint density at radius 1 is 1.10 bits per heavy atom. The number of sulfone groups is 1. The Kier molecular flexibility index (Phi) is 6.84. The number of rotatable bonds is 8. The number of nitrogens with zero attached hydrogens (tertiary/aromatic N) is 1. The van der Waals surface area contributed by atoms with Gasteiger partial charge in [-0.15, -0.1) is 0 Å². The molecule has 0 aliphatic heterocycles. The van der Waals surface area contributed by atoms with Gasteiger partial charge in [0.1, 0.15) is 0 Å². The molecule has 0 spiro atoms. The molecule has 1 rings (SSSR count). The number of hydrogen-bond donors (Lipinski definition) is 1. The lowest BCUT2D eigenvalue weighted by Crippen LogP contribution is -2.37. The summed E-state index contributed by atoms with van der Waals surface area (Å²) in [5.74, 6) is 0.188. The van der Waals surface area contributed by atoms with E-state index in [1.165, 1.54) is 5.56 Å². The molecule has 0 aliphatic carbocycles. The normalized spacial score (nSPS) is 12.8. The molecule has 0 aromatic heterocycles. The van der Waals surface area contributed by atoms with Crippen LogP contribution in [-0.4, -0.2) is 43.5 Å². The van der Waals surface area contributed by atoms with Crippen molar-refractivity contribution in [3.63, 3.8) is 0 Å². The van der Waals surface area contributed by atoms with Crippen LogP contribution in [0.2, 0.25) is 0 Å². The van der Waals surface area contributed by atoms with E-state index < -0.39 is 14.6 Å². The molecule has 0 atom stereocenters. The molecule has 0 heterocycles. The molecule has 0 bridgehead atoms. The average Bonchev–Trinajstić information content (AvgIpc) is 2.42. The van der Waals surface area contributed by atoms with Gasteiger partial charge in [0.25, 0.3) is 0 Å². The lowest BCUT2D eigenvalue weighted by molar-refractivity contribution is 0.278. The Hall–Kier alpha value is -0.910. The molecule has 5 heteroatoms. The van der Waals surface area contributed by atoms with E-state index in [0.717, 1.165) is 19.5 Å². The minimum atomic E-state index is -3.08. The molecule has 0 unspecified atom stereocenters. The summed E-state index contributed by atoms with van der Waals surface area (Å²) in [5.41, 5.74) is 6.77. The van der Waals surface area contributed by atoms with E-state index in [0.29, 0.717) is 13.1 Å². The second kappa shape index (κ2) is 7.92. The van der Waals surface area contributed by atoms with Crippen LogP contribution in [-0.2, 0) is 16.4 Å². The lowest BCUT2D eigenvalue weighted by Gasteiger charge is -2.25. The molecule has 1 aromatic rings. The Labute approximate surface area is 129 Å². The predicted octanol–water partition coefficient (Wildman–Crippen LogP) is 2.05. The maximum absolute atomic E-state index is 12.2. The molecular weight excluding hydrogens is 284 g/mol. The predicted molar refractivity (Wildman–Crippen MR) is 88.9 cm³/mol. The monoisotopic (exact) mass is 312 g/mol. The fourth-order valence-corrected chi connectivity index (χ4v) is 3.09. The summed E-state index contributed by atoms with van der Waals surface area (Å²) < 4.78 is 23.8. The van der Waals surface area contributed by atoms with E-state index in [9.17, 15) is 8.42 Å². The first-order valence-corrected chi connectivity index (χ1v) is 9.10. The van der Waals surface area contributed by atoms with Crippen molar-refractivity contribution in [2.45, 2.75) is 38.5 Å². The third kappa shape index (κ3) is 6.16. The van der Waals surface area contributed by atoms with E-state index in [2.05, 4.69) is 17.0 Å². The van der Waals surface area contributed by atoms with Gasteiger partial charge in [0.05, 0.1) is 10.5 Å². The maximum atomic E-state index is 12.2. The van der Waals surface area contributed by atoms with Gasteiger partial charge in [0.2, 0.25) is 0 Å². The molecule has 0 fully saturated rings.